The first-order chi connectivity index (χ1) is 21.8. The van der Waals surface area contributed by atoms with Crippen molar-refractivity contribution in [3.63, 3.8) is 0 Å². The van der Waals surface area contributed by atoms with E-state index in [-0.39, 0.29) is 0 Å². The predicted molar refractivity (Wildman–Crippen MR) is 188 cm³/mol. The van der Waals surface area contributed by atoms with Crippen molar-refractivity contribution in [2.75, 3.05) is 4.90 Å². The quantitative estimate of drug-likeness (QED) is 0.239. The maximum atomic E-state index is 2.52. The van der Waals surface area contributed by atoms with E-state index in [1.807, 2.05) is 0 Å². The molecule has 2 atom stereocenters. The summed E-state index contributed by atoms with van der Waals surface area (Å²) in [7, 11) is 0. The Morgan fingerprint density at radius 1 is 0.568 bits per heavy atom. The van der Waals surface area contributed by atoms with Crippen molar-refractivity contribution >= 4 is 28.6 Å². The van der Waals surface area contributed by atoms with Crippen LogP contribution in [0.4, 0.5) is 5.69 Å². The molecule has 44 heavy (non-hydrogen) atoms. The second-order valence-electron chi connectivity index (χ2n) is 12.6. The molecule has 0 radical (unpaired) electrons. The van der Waals surface area contributed by atoms with Crippen LogP contribution < -0.4 is 4.90 Å². The van der Waals surface area contributed by atoms with E-state index in [2.05, 4.69) is 145 Å². The van der Waals surface area contributed by atoms with Gasteiger partial charge in [-0.05, 0) is 117 Å². The molecule has 4 aromatic carbocycles. The third-order valence-electron chi connectivity index (χ3n) is 10.2. The third-order valence-corrected chi connectivity index (χ3v) is 10.2. The van der Waals surface area contributed by atoms with Crippen molar-refractivity contribution in [3.8, 4) is 22.3 Å². The number of anilines is 1. The van der Waals surface area contributed by atoms with Gasteiger partial charge < -0.3 is 4.90 Å². The normalized spacial score (nSPS) is 20.7. The van der Waals surface area contributed by atoms with E-state index < -0.39 is 0 Å². The van der Waals surface area contributed by atoms with Gasteiger partial charge in [-0.25, -0.2) is 0 Å². The summed E-state index contributed by atoms with van der Waals surface area (Å²) < 4.78 is 0. The summed E-state index contributed by atoms with van der Waals surface area (Å²) in [5.41, 5.74) is 15.2. The maximum Gasteiger partial charge on any atom is 0.0629 e. The molecule has 0 saturated heterocycles. The molecule has 0 bridgehead atoms. The second-order valence-corrected chi connectivity index (χ2v) is 12.6. The van der Waals surface area contributed by atoms with Crippen LogP contribution >= 0.6 is 0 Å². The molecule has 0 spiro atoms. The number of allylic oxidation sites excluding steroid dienone is 9. The van der Waals surface area contributed by atoms with Gasteiger partial charge in [-0.2, -0.15) is 0 Å². The third kappa shape index (κ3) is 4.07. The van der Waals surface area contributed by atoms with Crippen LogP contribution in [0.25, 0.3) is 45.2 Å². The first kappa shape index (κ1) is 25.6. The van der Waals surface area contributed by atoms with E-state index in [9.17, 15) is 0 Å². The van der Waals surface area contributed by atoms with Crippen LogP contribution in [0.1, 0.15) is 53.0 Å². The molecule has 0 aromatic heterocycles. The first-order valence-electron chi connectivity index (χ1n) is 16.2. The molecular weight excluding hydrogens is 530 g/mol. The highest BCUT2D eigenvalue weighted by molar-refractivity contribution is 6.01. The molecule has 1 nitrogen and oxygen atoms in total. The predicted octanol–water partition coefficient (Wildman–Crippen LogP) is 10.9. The highest BCUT2D eigenvalue weighted by Crippen LogP contribution is 2.47. The zero-order chi connectivity index (χ0) is 29.0. The highest BCUT2D eigenvalue weighted by Gasteiger charge is 2.37. The number of fused-ring (bicyclic) bond motifs is 9. The lowest BCUT2D eigenvalue weighted by molar-refractivity contribution is 0.728. The first-order valence-corrected chi connectivity index (χ1v) is 16.2. The SMILES string of the molecule is C1=CCC=C(N2c3ccc(-c4ccc(-c5ccc6c7c(c8c(c6c5)C=CCC8)CCC=C7)cc4)cc3C3C=CC=CC32)C=C1. The van der Waals surface area contributed by atoms with Gasteiger partial charge in [0.05, 0.1) is 6.04 Å². The number of benzene rings is 4. The van der Waals surface area contributed by atoms with E-state index in [0.717, 1.165) is 25.7 Å². The molecule has 212 valence electrons. The van der Waals surface area contributed by atoms with Crippen molar-refractivity contribution in [2.45, 2.75) is 44.1 Å². The van der Waals surface area contributed by atoms with Gasteiger partial charge in [-0.3, -0.25) is 0 Å². The summed E-state index contributed by atoms with van der Waals surface area (Å²) in [5.74, 6) is 0.359. The van der Waals surface area contributed by atoms with Gasteiger partial charge >= 0.3 is 0 Å². The van der Waals surface area contributed by atoms with E-state index >= 15 is 0 Å². The van der Waals surface area contributed by atoms with Crippen LogP contribution in [0, 0.1) is 0 Å². The molecule has 0 N–H and O–H groups in total. The summed E-state index contributed by atoms with van der Waals surface area (Å²) >= 11 is 0. The van der Waals surface area contributed by atoms with Crippen molar-refractivity contribution in [2.24, 2.45) is 0 Å². The zero-order valence-corrected chi connectivity index (χ0v) is 24.9. The van der Waals surface area contributed by atoms with Gasteiger partial charge in [-0.1, -0.05) is 115 Å². The van der Waals surface area contributed by atoms with E-state index in [0.29, 0.717) is 12.0 Å². The van der Waals surface area contributed by atoms with Crippen molar-refractivity contribution in [1.29, 1.82) is 0 Å². The molecule has 0 amide bonds. The average Bonchev–Trinajstić information content (AvgIpc) is 3.21. The summed E-state index contributed by atoms with van der Waals surface area (Å²) in [6.07, 6.45) is 35.3. The van der Waals surface area contributed by atoms with Crippen molar-refractivity contribution in [3.05, 3.63) is 161 Å². The molecule has 4 aliphatic carbocycles. The molecule has 0 saturated carbocycles. The summed E-state index contributed by atoms with van der Waals surface area (Å²) in [5, 5.41) is 2.79. The Morgan fingerprint density at radius 3 is 2.05 bits per heavy atom. The van der Waals surface area contributed by atoms with Crippen LogP contribution in [-0.4, -0.2) is 6.04 Å². The molecule has 9 rings (SSSR count). The Morgan fingerprint density at radius 2 is 1.25 bits per heavy atom. The topological polar surface area (TPSA) is 3.24 Å². The maximum absolute atomic E-state index is 2.52. The van der Waals surface area contributed by atoms with Gasteiger partial charge in [0.15, 0.2) is 0 Å². The van der Waals surface area contributed by atoms with Crippen molar-refractivity contribution in [1.82, 2.24) is 0 Å². The van der Waals surface area contributed by atoms with Crippen LogP contribution in [0.3, 0.4) is 0 Å². The average molecular weight is 566 g/mol. The second kappa shape index (κ2) is 10.4. The summed E-state index contributed by atoms with van der Waals surface area (Å²) in [6, 6.07) is 23.7. The molecular formula is C43H35N. The zero-order valence-electron chi connectivity index (χ0n) is 24.9. The molecule has 4 aromatic rings. The molecule has 1 heterocycles. The van der Waals surface area contributed by atoms with Gasteiger partial charge in [0.25, 0.3) is 0 Å². The van der Waals surface area contributed by atoms with Crippen molar-refractivity contribution < 1.29 is 0 Å². The smallest absolute Gasteiger partial charge is 0.0629 e. The Kier molecular flexibility index (Phi) is 6.04. The monoisotopic (exact) mass is 565 g/mol. The highest BCUT2D eigenvalue weighted by atomic mass is 15.2. The van der Waals surface area contributed by atoms with E-state index in [1.165, 1.54) is 67.5 Å². The largest absolute Gasteiger partial charge is 0.334 e. The summed E-state index contributed by atoms with van der Waals surface area (Å²) in [6.45, 7) is 0. The van der Waals surface area contributed by atoms with Crippen LogP contribution in [0.15, 0.2) is 133 Å². The fourth-order valence-corrected chi connectivity index (χ4v) is 8.07. The minimum Gasteiger partial charge on any atom is -0.334 e. The van der Waals surface area contributed by atoms with Crippen LogP contribution in [0.2, 0.25) is 0 Å². The van der Waals surface area contributed by atoms with Gasteiger partial charge in [0.1, 0.15) is 0 Å². The lowest BCUT2D eigenvalue weighted by Crippen LogP contribution is -2.31. The number of hydrogen-bond acceptors (Lipinski definition) is 1. The standard InChI is InChI=1S/C43H35N/c1-2-4-12-33(11-3-1)44-42-18-10-9-17-39(42)41-28-32(24-26-43(41)44)30-21-19-29(20-22-30)31-23-25-38-36-15-6-5-13-34(36)35-14-7-8-16-37(35)40(38)27-31/h1-3,6,8-12,15-28,39,42H,4-5,7,13-14H2. The molecule has 2 unspecified atom stereocenters. The van der Waals surface area contributed by atoms with Crippen LogP contribution in [0.5, 0.6) is 0 Å². The lowest BCUT2D eigenvalue weighted by atomic mass is 9.80. The number of nitrogens with zero attached hydrogens (tertiary/aromatic N) is 1. The Balaban J connectivity index is 1.07. The molecule has 1 heteroatoms. The molecule has 5 aliphatic rings. The molecule has 0 fully saturated rings. The number of rotatable bonds is 3. The van der Waals surface area contributed by atoms with Gasteiger partial charge in [0.2, 0.25) is 0 Å². The Bertz CT molecular complexity index is 2040. The fourth-order valence-electron chi connectivity index (χ4n) is 8.07. The fraction of sp³-hybridized carbons (Fsp3) is 0.163. The summed E-state index contributed by atoms with van der Waals surface area (Å²) in [4.78, 5) is 2.52. The number of hydrogen-bond donors (Lipinski definition) is 0. The van der Waals surface area contributed by atoms with Crippen LogP contribution in [-0.2, 0) is 12.8 Å². The van der Waals surface area contributed by atoms with Gasteiger partial charge in [0, 0.05) is 17.3 Å². The minimum absolute atomic E-state index is 0.316. The minimum atomic E-state index is 0.316. The van der Waals surface area contributed by atoms with E-state index in [4.69, 9.17) is 0 Å². The van der Waals surface area contributed by atoms with Gasteiger partial charge in [-0.15, -0.1) is 0 Å². The lowest BCUT2D eigenvalue weighted by Gasteiger charge is -2.29. The molecule has 1 aliphatic heterocycles. The van der Waals surface area contributed by atoms with E-state index in [1.54, 1.807) is 11.1 Å². The Labute approximate surface area is 260 Å². The Hall–Kier alpha value is -4.88.